The summed E-state index contributed by atoms with van der Waals surface area (Å²) < 4.78 is 18.6. The smallest absolute Gasteiger partial charge is 0.265 e. The van der Waals surface area contributed by atoms with Crippen LogP contribution in [-0.2, 0) is 13.0 Å². The van der Waals surface area contributed by atoms with E-state index < -0.39 is 0 Å². The molecule has 1 aromatic carbocycles. The third-order valence-electron chi connectivity index (χ3n) is 2.94. The molecule has 0 bridgehead atoms. The van der Waals surface area contributed by atoms with Gasteiger partial charge in [-0.1, -0.05) is 18.2 Å². The topological polar surface area (TPSA) is 54.2 Å². The van der Waals surface area contributed by atoms with Crippen LogP contribution < -0.4 is 10.2 Å². The van der Waals surface area contributed by atoms with Crippen LogP contribution in [-0.4, -0.2) is 30.3 Å². The summed E-state index contributed by atoms with van der Waals surface area (Å²) in [6.07, 6.45) is 0.612. The second-order valence-electron chi connectivity index (χ2n) is 4.96. The Balaban J connectivity index is 1.85. The van der Waals surface area contributed by atoms with Gasteiger partial charge in [-0.3, -0.25) is 0 Å². The van der Waals surface area contributed by atoms with Gasteiger partial charge in [0.25, 0.3) is 5.95 Å². The van der Waals surface area contributed by atoms with E-state index in [9.17, 15) is 4.39 Å². The van der Waals surface area contributed by atoms with Crippen molar-refractivity contribution in [1.29, 1.82) is 0 Å². The highest BCUT2D eigenvalue weighted by Crippen LogP contribution is 2.10. The van der Waals surface area contributed by atoms with Gasteiger partial charge in [0.1, 0.15) is 5.82 Å². The summed E-state index contributed by atoms with van der Waals surface area (Å²) in [6.45, 7) is 2.46. The summed E-state index contributed by atoms with van der Waals surface area (Å²) in [5.41, 5.74) is 0.701. The number of aromatic nitrogens is 2. The van der Waals surface area contributed by atoms with Gasteiger partial charge in [0.05, 0.1) is 6.54 Å². The molecule has 0 saturated carbocycles. The Kier molecular flexibility index (Phi) is 4.68. The number of halogens is 1. The molecule has 0 aliphatic carbocycles. The van der Waals surface area contributed by atoms with Gasteiger partial charge < -0.3 is 14.7 Å². The highest BCUT2D eigenvalue weighted by atomic mass is 19.1. The molecule has 2 aromatic rings. The molecule has 6 heteroatoms. The molecule has 1 N–H and O–H groups in total. The van der Waals surface area contributed by atoms with Crippen LogP contribution in [0.1, 0.15) is 18.4 Å². The lowest BCUT2D eigenvalue weighted by atomic mass is 10.1. The van der Waals surface area contributed by atoms with E-state index >= 15 is 0 Å². The van der Waals surface area contributed by atoms with Gasteiger partial charge in [-0.2, -0.15) is 4.98 Å². The normalized spacial score (nSPS) is 12.4. The quantitative estimate of drug-likeness (QED) is 0.876. The average molecular weight is 278 g/mol. The summed E-state index contributed by atoms with van der Waals surface area (Å²) >= 11 is 0. The van der Waals surface area contributed by atoms with Crippen LogP contribution in [0.5, 0.6) is 0 Å². The molecule has 0 fully saturated rings. The molecule has 1 unspecified atom stereocenters. The molecule has 0 saturated heterocycles. The van der Waals surface area contributed by atoms with Crippen LogP contribution >= 0.6 is 0 Å². The van der Waals surface area contributed by atoms with Gasteiger partial charge in [0.2, 0.25) is 5.89 Å². The van der Waals surface area contributed by atoms with E-state index in [0.29, 0.717) is 30.4 Å². The highest BCUT2D eigenvalue weighted by molar-refractivity contribution is 5.23. The Morgan fingerprint density at radius 2 is 2.10 bits per heavy atom. The molecule has 0 amide bonds. The van der Waals surface area contributed by atoms with Crippen molar-refractivity contribution in [2.45, 2.75) is 25.9 Å². The third kappa shape index (κ3) is 3.77. The first-order valence-corrected chi connectivity index (χ1v) is 6.53. The van der Waals surface area contributed by atoms with Gasteiger partial charge in [-0.25, -0.2) is 4.39 Å². The van der Waals surface area contributed by atoms with Crippen molar-refractivity contribution in [3.8, 4) is 0 Å². The van der Waals surface area contributed by atoms with Crippen molar-refractivity contribution < 1.29 is 8.91 Å². The maximum absolute atomic E-state index is 13.5. The number of anilines is 1. The second kappa shape index (κ2) is 6.47. The third-order valence-corrected chi connectivity index (χ3v) is 2.94. The van der Waals surface area contributed by atoms with E-state index in [1.807, 2.05) is 27.1 Å². The van der Waals surface area contributed by atoms with E-state index in [-0.39, 0.29) is 11.9 Å². The lowest BCUT2D eigenvalue weighted by molar-refractivity contribution is 0.358. The molecule has 2 rings (SSSR count). The van der Waals surface area contributed by atoms with Crippen LogP contribution in [0.3, 0.4) is 0 Å². The summed E-state index contributed by atoms with van der Waals surface area (Å²) in [5.74, 6) is 0.895. The Bertz CT molecular complexity index is 556. The van der Waals surface area contributed by atoms with Gasteiger partial charge in [0.15, 0.2) is 0 Å². The highest BCUT2D eigenvalue weighted by Gasteiger charge is 2.11. The predicted molar refractivity (Wildman–Crippen MR) is 75.0 cm³/mol. The number of nitrogens with zero attached hydrogens (tertiary/aromatic N) is 3. The molecule has 1 heterocycles. The van der Waals surface area contributed by atoms with E-state index in [1.165, 1.54) is 6.07 Å². The van der Waals surface area contributed by atoms with Crippen LogP contribution in [0, 0.1) is 5.82 Å². The molecular formula is C14H19FN4O. The Morgan fingerprint density at radius 1 is 1.35 bits per heavy atom. The van der Waals surface area contributed by atoms with E-state index in [1.54, 1.807) is 17.0 Å². The summed E-state index contributed by atoms with van der Waals surface area (Å²) in [4.78, 5) is 5.99. The number of hydrogen-bond acceptors (Lipinski definition) is 5. The van der Waals surface area contributed by atoms with E-state index in [2.05, 4.69) is 15.5 Å². The van der Waals surface area contributed by atoms with Crippen molar-refractivity contribution in [3.63, 3.8) is 0 Å². The zero-order chi connectivity index (χ0) is 14.5. The number of hydrogen-bond donors (Lipinski definition) is 1. The van der Waals surface area contributed by atoms with Crippen molar-refractivity contribution >= 4 is 5.95 Å². The number of rotatable bonds is 6. The molecular weight excluding hydrogens is 259 g/mol. The minimum Gasteiger partial charge on any atom is -0.344 e. The van der Waals surface area contributed by atoms with Gasteiger partial charge in [-0.05, 0) is 30.1 Å². The van der Waals surface area contributed by atoms with Crippen molar-refractivity contribution in [2.24, 2.45) is 0 Å². The van der Waals surface area contributed by atoms with Crippen LogP contribution in [0.4, 0.5) is 10.3 Å². The van der Waals surface area contributed by atoms with Gasteiger partial charge in [0, 0.05) is 20.1 Å². The number of benzene rings is 1. The first kappa shape index (κ1) is 14.5. The zero-order valence-corrected chi connectivity index (χ0v) is 11.9. The fourth-order valence-electron chi connectivity index (χ4n) is 1.83. The molecule has 0 aliphatic heterocycles. The summed E-state index contributed by atoms with van der Waals surface area (Å²) in [6, 6.07) is 6.92. The molecule has 0 aliphatic rings. The predicted octanol–water partition coefficient (Wildman–Crippen LogP) is 2.00. The lowest BCUT2D eigenvalue weighted by Gasteiger charge is -2.12. The average Bonchev–Trinajstić information content (AvgIpc) is 2.88. The van der Waals surface area contributed by atoms with E-state index in [0.717, 1.165) is 0 Å². The second-order valence-corrected chi connectivity index (χ2v) is 4.96. The maximum atomic E-state index is 13.5. The number of nitrogens with one attached hydrogen (secondary N) is 1. The standard InChI is InChI=1S/C14H19FN4O/c1-10(8-11-6-4-5-7-12(11)15)16-9-13-17-14(18-20-13)19(2)3/h4-7,10,16H,8-9H2,1-3H3. The van der Waals surface area contributed by atoms with Crippen molar-refractivity contribution in [2.75, 3.05) is 19.0 Å². The van der Waals surface area contributed by atoms with Gasteiger partial charge >= 0.3 is 0 Å². The lowest BCUT2D eigenvalue weighted by Crippen LogP contribution is -2.28. The first-order valence-electron chi connectivity index (χ1n) is 6.53. The van der Waals surface area contributed by atoms with Crippen LogP contribution in [0.25, 0.3) is 0 Å². The largest absolute Gasteiger partial charge is 0.344 e. The molecule has 1 aromatic heterocycles. The fourth-order valence-corrected chi connectivity index (χ4v) is 1.83. The molecule has 0 spiro atoms. The minimum absolute atomic E-state index is 0.113. The van der Waals surface area contributed by atoms with Crippen molar-refractivity contribution in [1.82, 2.24) is 15.5 Å². The zero-order valence-electron chi connectivity index (χ0n) is 11.9. The van der Waals surface area contributed by atoms with Gasteiger partial charge in [-0.15, -0.1) is 0 Å². The summed E-state index contributed by atoms with van der Waals surface area (Å²) in [5, 5.41) is 7.08. The fraction of sp³-hybridized carbons (Fsp3) is 0.429. The summed E-state index contributed by atoms with van der Waals surface area (Å²) in [7, 11) is 3.70. The Labute approximate surface area is 117 Å². The van der Waals surface area contributed by atoms with Crippen molar-refractivity contribution in [3.05, 3.63) is 41.5 Å². The molecule has 20 heavy (non-hydrogen) atoms. The molecule has 5 nitrogen and oxygen atoms in total. The van der Waals surface area contributed by atoms with Crippen LogP contribution in [0.2, 0.25) is 0 Å². The molecule has 0 radical (unpaired) electrons. The monoisotopic (exact) mass is 278 g/mol. The maximum Gasteiger partial charge on any atom is 0.265 e. The first-order chi connectivity index (χ1) is 9.56. The minimum atomic E-state index is -0.172. The Morgan fingerprint density at radius 3 is 2.75 bits per heavy atom. The SMILES string of the molecule is CC(Cc1ccccc1F)NCc1nc(N(C)C)no1. The molecule has 108 valence electrons. The van der Waals surface area contributed by atoms with Crippen LogP contribution in [0.15, 0.2) is 28.8 Å². The van der Waals surface area contributed by atoms with E-state index in [4.69, 9.17) is 4.52 Å². The Hall–Kier alpha value is -1.95. The molecule has 1 atom stereocenters.